The molecule has 2 unspecified atom stereocenters. The van der Waals surface area contributed by atoms with Crippen LogP contribution in [-0.2, 0) is 0 Å². The fraction of sp³-hybridized carbons (Fsp3) is 1.00. The van der Waals surface area contributed by atoms with E-state index in [-0.39, 0.29) is 0 Å². The van der Waals surface area contributed by atoms with Crippen LogP contribution in [0.15, 0.2) is 0 Å². The molecule has 0 saturated carbocycles. The molecule has 0 spiro atoms. The predicted octanol–water partition coefficient (Wildman–Crippen LogP) is 2.62. The molecule has 90 valence electrons. The van der Waals surface area contributed by atoms with E-state index in [1.54, 1.807) is 0 Å². The SMILES string of the molecule is CCC1CCCN1C(CN)CC(C)(C)C. The van der Waals surface area contributed by atoms with Crippen LogP contribution in [0.4, 0.5) is 0 Å². The molecular formula is C13H28N2. The van der Waals surface area contributed by atoms with Crippen LogP contribution in [0.2, 0.25) is 0 Å². The Bertz CT molecular complexity index is 183. The Hall–Kier alpha value is -0.0800. The highest BCUT2D eigenvalue weighted by Gasteiger charge is 2.30. The number of nitrogens with two attached hydrogens (primary N) is 1. The summed E-state index contributed by atoms with van der Waals surface area (Å²) in [6.07, 6.45) is 5.23. The van der Waals surface area contributed by atoms with E-state index in [4.69, 9.17) is 5.73 Å². The zero-order valence-corrected chi connectivity index (χ0v) is 10.9. The molecule has 0 radical (unpaired) electrons. The lowest BCUT2D eigenvalue weighted by Gasteiger charge is -2.35. The standard InChI is InChI=1S/C13H28N2/c1-5-11-7-6-8-15(11)12(10-14)9-13(2,3)4/h11-12H,5-10,14H2,1-4H3. The fourth-order valence-corrected chi connectivity index (χ4v) is 2.82. The quantitative estimate of drug-likeness (QED) is 0.776. The Morgan fingerprint density at radius 3 is 2.53 bits per heavy atom. The Morgan fingerprint density at radius 2 is 2.07 bits per heavy atom. The zero-order chi connectivity index (χ0) is 11.5. The second-order valence-electron chi connectivity index (χ2n) is 6.10. The molecule has 1 aliphatic rings. The summed E-state index contributed by atoms with van der Waals surface area (Å²) in [5, 5.41) is 0. The summed E-state index contributed by atoms with van der Waals surface area (Å²) in [5.41, 5.74) is 6.33. The van der Waals surface area contributed by atoms with Crippen molar-refractivity contribution in [3.63, 3.8) is 0 Å². The minimum atomic E-state index is 0.394. The molecule has 2 nitrogen and oxygen atoms in total. The van der Waals surface area contributed by atoms with Gasteiger partial charge in [0.15, 0.2) is 0 Å². The van der Waals surface area contributed by atoms with E-state index < -0.39 is 0 Å². The molecule has 2 heteroatoms. The van der Waals surface area contributed by atoms with E-state index in [9.17, 15) is 0 Å². The van der Waals surface area contributed by atoms with Crippen molar-refractivity contribution in [1.29, 1.82) is 0 Å². The predicted molar refractivity (Wildman–Crippen MR) is 66.9 cm³/mol. The summed E-state index contributed by atoms with van der Waals surface area (Å²) in [7, 11) is 0. The second kappa shape index (κ2) is 5.31. The molecule has 1 heterocycles. The van der Waals surface area contributed by atoms with Gasteiger partial charge in [0.25, 0.3) is 0 Å². The Labute approximate surface area is 95.2 Å². The normalized spacial score (nSPS) is 25.8. The molecule has 0 bridgehead atoms. The van der Waals surface area contributed by atoms with Crippen molar-refractivity contribution in [1.82, 2.24) is 4.90 Å². The molecule has 0 aromatic rings. The first-order chi connectivity index (χ1) is 6.98. The topological polar surface area (TPSA) is 29.3 Å². The van der Waals surface area contributed by atoms with Gasteiger partial charge in [-0.15, -0.1) is 0 Å². The molecule has 1 saturated heterocycles. The van der Waals surface area contributed by atoms with Crippen molar-refractivity contribution >= 4 is 0 Å². The molecule has 1 aliphatic heterocycles. The zero-order valence-electron chi connectivity index (χ0n) is 10.9. The molecule has 0 aliphatic carbocycles. The van der Waals surface area contributed by atoms with E-state index in [2.05, 4.69) is 32.6 Å². The first-order valence-corrected chi connectivity index (χ1v) is 6.43. The average molecular weight is 212 g/mol. The summed E-state index contributed by atoms with van der Waals surface area (Å²) in [6.45, 7) is 11.3. The molecule has 2 N–H and O–H groups in total. The van der Waals surface area contributed by atoms with E-state index >= 15 is 0 Å². The Morgan fingerprint density at radius 1 is 1.40 bits per heavy atom. The maximum atomic E-state index is 5.94. The van der Waals surface area contributed by atoms with Crippen LogP contribution in [0.1, 0.15) is 53.4 Å². The highest BCUT2D eigenvalue weighted by atomic mass is 15.2. The maximum Gasteiger partial charge on any atom is 0.0226 e. The van der Waals surface area contributed by atoms with Crippen molar-refractivity contribution in [3.05, 3.63) is 0 Å². The van der Waals surface area contributed by atoms with E-state index in [0.717, 1.165) is 12.6 Å². The van der Waals surface area contributed by atoms with Crippen molar-refractivity contribution < 1.29 is 0 Å². The van der Waals surface area contributed by atoms with Gasteiger partial charge in [-0.05, 0) is 37.6 Å². The maximum absolute atomic E-state index is 5.94. The lowest BCUT2D eigenvalue weighted by Crippen LogP contribution is -2.45. The van der Waals surface area contributed by atoms with E-state index in [1.807, 2.05) is 0 Å². The van der Waals surface area contributed by atoms with Crippen LogP contribution in [0.3, 0.4) is 0 Å². The molecule has 15 heavy (non-hydrogen) atoms. The monoisotopic (exact) mass is 212 g/mol. The fourth-order valence-electron chi connectivity index (χ4n) is 2.82. The van der Waals surface area contributed by atoms with Crippen molar-refractivity contribution in [2.45, 2.75) is 65.5 Å². The van der Waals surface area contributed by atoms with Gasteiger partial charge in [0.2, 0.25) is 0 Å². The molecule has 0 amide bonds. The third-order valence-electron chi connectivity index (χ3n) is 3.48. The highest BCUT2D eigenvalue weighted by molar-refractivity contribution is 4.86. The Balaban J connectivity index is 2.57. The largest absolute Gasteiger partial charge is 0.329 e. The van der Waals surface area contributed by atoms with Gasteiger partial charge < -0.3 is 5.73 Å². The molecular weight excluding hydrogens is 184 g/mol. The van der Waals surface area contributed by atoms with Gasteiger partial charge in [-0.3, -0.25) is 4.90 Å². The van der Waals surface area contributed by atoms with Gasteiger partial charge in [-0.2, -0.15) is 0 Å². The van der Waals surface area contributed by atoms with Gasteiger partial charge in [0.1, 0.15) is 0 Å². The van der Waals surface area contributed by atoms with E-state index in [1.165, 1.54) is 32.2 Å². The number of rotatable bonds is 4. The van der Waals surface area contributed by atoms with Gasteiger partial charge in [-0.25, -0.2) is 0 Å². The summed E-state index contributed by atoms with van der Waals surface area (Å²) < 4.78 is 0. The summed E-state index contributed by atoms with van der Waals surface area (Å²) in [6, 6.07) is 1.39. The van der Waals surface area contributed by atoms with Crippen LogP contribution in [-0.4, -0.2) is 30.1 Å². The number of hydrogen-bond donors (Lipinski definition) is 1. The summed E-state index contributed by atoms with van der Waals surface area (Å²) in [4.78, 5) is 2.66. The molecule has 0 aromatic heterocycles. The van der Waals surface area contributed by atoms with Crippen LogP contribution in [0, 0.1) is 5.41 Å². The van der Waals surface area contributed by atoms with Gasteiger partial charge in [0.05, 0.1) is 0 Å². The van der Waals surface area contributed by atoms with Crippen molar-refractivity contribution in [3.8, 4) is 0 Å². The van der Waals surface area contributed by atoms with E-state index in [0.29, 0.717) is 11.5 Å². The molecule has 1 rings (SSSR count). The first kappa shape index (κ1) is 13.0. The van der Waals surface area contributed by atoms with Gasteiger partial charge in [0, 0.05) is 18.6 Å². The third kappa shape index (κ3) is 3.76. The van der Waals surface area contributed by atoms with Crippen LogP contribution in [0.5, 0.6) is 0 Å². The minimum Gasteiger partial charge on any atom is -0.329 e. The molecule has 2 atom stereocenters. The average Bonchev–Trinajstić information content (AvgIpc) is 2.60. The molecule has 1 fully saturated rings. The first-order valence-electron chi connectivity index (χ1n) is 6.43. The van der Waals surface area contributed by atoms with Gasteiger partial charge in [-0.1, -0.05) is 27.7 Å². The summed E-state index contributed by atoms with van der Waals surface area (Å²) >= 11 is 0. The lowest BCUT2D eigenvalue weighted by molar-refractivity contribution is 0.137. The number of hydrogen-bond acceptors (Lipinski definition) is 2. The van der Waals surface area contributed by atoms with Crippen LogP contribution in [0.25, 0.3) is 0 Å². The smallest absolute Gasteiger partial charge is 0.0226 e. The number of likely N-dealkylation sites (tertiary alicyclic amines) is 1. The van der Waals surface area contributed by atoms with Crippen molar-refractivity contribution in [2.75, 3.05) is 13.1 Å². The van der Waals surface area contributed by atoms with Gasteiger partial charge >= 0.3 is 0 Å². The highest BCUT2D eigenvalue weighted by Crippen LogP contribution is 2.29. The number of nitrogens with zero attached hydrogens (tertiary/aromatic N) is 1. The third-order valence-corrected chi connectivity index (χ3v) is 3.48. The minimum absolute atomic E-state index is 0.394. The van der Waals surface area contributed by atoms with Crippen LogP contribution < -0.4 is 5.73 Å². The van der Waals surface area contributed by atoms with Crippen LogP contribution >= 0.6 is 0 Å². The summed E-state index contributed by atoms with van der Waals surface area (Å²) in [5.74, 6) is 0. The second-order valence-corrected chi connectivity index (χ2v) is 6.10. The molecule has 0 aromatic carbocycles. The lowest BCUT2D eigenvalue weighted by atomic mass is 9.87. The Kier molecular flexibility index (Phi) is 4.60. The van der Waals surface area contributed by atoms with Crippen molar-refractivity contribution in [2.24, 2.45) is 11.1 Å².